The van der Waals surface area contributed by atoms with E-state index in [2.05, 4.69) is 38.2 Å². The fourth-order valence-electron chi connectivity index (χ4n) is 4.33. The second-order valence-electron chi connectivity index (χ2n) is 7.47. The maximum atomic E-state index is 10.6. The molecule has 0 radical (unpaired) electrons. The van der Waals surface area contributed by atoms with Crippen LogP contribution in [-0.4, -0.2) is 34.8 Å². The van der Waals surface area contributed by atoms with Crippen LogP contribution >= 0.6 is 12.2 Å². The van der Waals surface area contributed by atoms with E-state index < -0.39 is 0 Å². The van der Waals surface area contributed by atoms with Crippen molar-refractivity contribution in [1.29, 1.82) is 0 Å². The van der Waals surface area contributed by atoms with Crippen molar-refractivity contribution in [2.45, 2.75) is 25.9 Å². The van der Waals surface area contributed by atoms with Gasteiger partial charge in [-0.25, -0.2) is 4.68 Å². The average Bonchev–Trinajstić information content (AvgIpc) is 3.47. The van der Waals surface area contributed by atoms with E-state index in [1.165, 1.54) is 0 Å². The number of aromatic nitrogens is 5. The zero-order valence-electron chi connectivity index (χ0n) is 17.0. The highest BCUT2D eigenvalue weighted by molar-refractivity contribution is 7.80. The number of rotatable bonds is 4. The highest BCUT2D eigenvalue weighted by Gasteiger charge is 2.43. The number of aryl methyl sites for hydroxylation is 1. The summed E-state index contributed by atoms with van der Waals surface area (Å²) in [5.74, 6) is 0.172. The topological polar surface area (TPSA) is 84.0 Å². The third-order valence-electron chi connectivity index (χ3n) is 5.63. The van der Waals surface area contributed by atoms with Crippen LogP contribution in [0.3, 0.4) is 0 Å². The molecule has 3 aromatic heterocycles. The van der Waals surface area contributed by atoms with Gasteiger partial charge in [-0.15, -0.1) is 10.2 Å². The number of phenolic OH excluding ortho intramolecular Hbond substituents is 1. The first kappa shape index (κ1) is 19.3. The molecular formula is C22H21N7OS. The van der Waals surface area contributed by atoms with Gasteiger partial charge in [-0.2, -0.15) is 0 Å². The lowest BCUT2D eigenvalue weighted by molar-refractivity contribution is 0.472. The van der Waals surface area contributed by atoms with Gasteiger partial charge in [-0.3, -0.25) is 9.66 Å². The van der Waals surface area contributed by atoms with Crippen LogP contribution in [0.4, 0.5) is 5.69 Å². The first-order valence-electron chi connectivity index (χ1n) is 9.89. The molecule has 0 aliphatic carbocycles. The van der Waals surface area contributed by atoms with Gasteiger partial charge in [-0.1, -0.05) is 18.2 Å². The standard InChI is InChI=1S/C22H21N7OS/c1-14-11-16(15(2)29(14)27-12-24-25-13-27)21-20(17-7-5-6-10-23-17)26-22(31)28(21)18-8-3-4-9-19(18)30/h3-13,20-21,30H,1-2H3,(H,26,31)/t20-,21-/m0/s1. The summed E-state index contributed by atoms with van der Waals surface area (Å²) in [6, 6.07) is 14.8. The molecule has 0 amide bonds. The molecule has 31 heavy (non-hydrogen) atoms. The molecule has 0 spiro atoms. The Morgan fingerprint density at radius 1 is 1.03 bits per heavy atom. The first-order valence-corrected chi connectivity index (χ1v) is 10.3. The smallest absolute Gasteiger partial charge is 0.174 e. The quantitative estimate of drug-likeness (QED) is 0.480. The number of thiocarbonyl (C=S) groups is 1. The number of anilines is 1. The summed E-state index contributed by atoms with van der Waals surface area (Å²) in [7, 11) is 0. The van der Waals surface area contributed by atoms with E-state index in [1.54, 1.807) is 31.0 Å². The number of nitrogens with one attached hydrogen (secondary N) is 1. The van der Waals surface area contributed by atoms with E-state index in [9.17, 15) is 5.11 Å². The van der Waals surface area contributed by atoms with Crippen molar-refractivity contribution in [2.24, 2.45) is 0 Å². The minimum Gasteiger partial charge on any atom is -0.506 e. The van der Waals surface area contributed by atoms with Crippen LogP contribution in [0.25, 0.3) is 0 Å². The lowest BCUT2D eigenvalue weighted by Crippen LogP contribution is -2.29. The number of para-hydroxylation sites is 2. The molecule has 1 aliphatic heterocycles. The minimum atomic E-state index is -0.216. The number of pyridine rings is 1. The Hall–Kier alpha value is -3.72. The van der Waals surface area contributed by atoms with Crippen LogP contribution < -0.4 is 10.2 Å². The largest absolute Gasteiger partial charge is 0.506 e. The summed E-state index contributed by atoms with van der Waals surface area (Å²) in [6.45, 7) is 4.10. The average molecular weight is 432 g/mol. The minimum absolute atomic E-state index is 0.172. The monoisotopic (exact) mass is 431 g/mol. The molecule has 1 saturated heterocycles. The summed E-state index contributed by atoms with van der Waals surface area (Å²) in [6.07, 6.45) is 5.11. The van der Waals surface area contributed by atoms with Gasteiger partial charge in [0.05, 0.1) is 23.5 Å². The predicted molar refractivity (Wildman–Crippen MR) is 121 cm³/mol. The third kappa shape index (κ3) is 3.14. The van der Waals surface area contributed by atoms with Gasteiger partial charge in [0, 0.05) is 23.1 Å². The van der Waals surface area contributed by atoms with Crippen LogP contribution in [0, 0.1) is 13.8 Å². The van der Waals surface area contributed by atoms with E-state index in [1.807, 2.05) is 46.8 Å². The Balaban J connectivity index is 1.70. The lowest BCUT2D eigenvalue weighted by atomic mass is 9.96. The van der Waals surface area contributed by atoms with E-state index in [0.29, 0.717) is 10.8 Å². The summed E-state index contributed by atoms with van der Waals surface area (Å²) in [5, 5.41) is 22.5. The summed E-state index contributed by atoms with van der Waals surface area (Å²) in [4.78, 5) is 6.56. The van der Waals surface area contributed by atoms with Crippen LogP contribution in [0.1, 0.15) is 34.7 Å². The third-order valence-corrected chi connectivity index (χ3v) is 5.94. The molecule has 1 aromatic carbocycles. The first-order chi connectivity index (χ1) is 15.1. The van der Waals surface area contributed by atoms with E-state index >= 15 is 0 Å². The number of aromatic hydroxyl groups is 1. The Labute approximate surface area is 184 Å². The molecule has 4 aromatic rings. The molecule has 5 rings (SSSR count). The van der Waals surface area contributed by atoms with Crippen molar-refractivity contribution in [3.05, 3.63) is 90.0 Å². The molecular weight excluding hydrogens is 410 g/mol. The Bertz CT molecular complexity index is 1240. The SMILES string of the molecule is Cc1cc([C@H]2[C@H](c3ccccn3)NC(=S)N2c2ccccc2O)c(C)n1-n1cnnc1. The molecule has 2 atom stereocenters. The van der Waals surface area contributed by atoms with E-state index in [-0.39, 0.29) is 17.8 Å². The zero-order valence-corrected chi connectivity index (χ0v) is 17.9. The normalized spacial score (nSPS) is 18.4. The maximum absolute atomic E-state index is 10.6. The van der Waals surface area contributed by atoms with Crippen LogP contribution in [-0.2, 0) is 0 Å². The van der Waals surface area contributed by atoms with Crippen molar-refractivity contribution in [3.63, 3.8) is 0 Å². The lowest BCUT2D eigenvalue weighted by Gasteiger charge is -2.28. The fraction of sp³-hybridized carbons (Fsp3) is 0.182. The summed E-state index contributed by atoms with van der Waals surface area (Å²) >= 11 is 5.74. The molecule has 2 N–H and O–H groups in total. The van der Waals surface area contributed by atoms with Crippen LogP contribution in [0.2, 0.25) is 0 Å². The fourth-order valence-corrected chi connectivity index (χ4v) is 4.67. The van der Waals surface area contributed by atoms with Gasteiger partial charge < -0.3 is 15.3 Å². The van der Waals surface area contributed by atoms with Gasteiger partial charge in [-0.05, 0) is 56.4 Å². The van der Waals surface area contributed by atoms with Crippen molar-refractivity contribution >= 4 is 23.0 Å². The molecule has 1 fully saturated rings. The number of hydrogen-bond acceptors (Lipinski definition) is 5. The Kier molecular flexibility index (Phi) is 4.67. The van der Waals surface area contributed by atoms with Crippen molar-refractivity contribution < 1.29 is 5.11 Å². The van der Waals surface area contributed by atoms with Gasteiger partial charge >= 0.3 is 0 Å². The zero-order chi connectivity index (χ0) is 21.5. The number of nitrogens with zero attached hydrogens (tertiary/aromatic N) is 6. The second kappa shape index (κ2) is 7.51. The number of hydrogen-bond donors (Lipinski definition) is 2. The molecule has 0 bridgehead atoms. The molecule has 156 valence electrons. The molecule has 1 aliphatic rings. The summed E-state index contributed by atoms with van der Waals surface area (Å²) < 4.78 is 3.89. The predicted octanol–water partition coefficient (Wildman–Crippen LogP) is 3.29. The molecule has 0 saturated carbocycles. The van der Waals surface area contributed by atoms with Crippen molar-refractivity contribution in [3.8, 4) is 5.75 Å². The van der Waals surface area contributed by atoms with Crippen molar-refractivity contribution in [2.75, 3.05) is 4.90 Å². The van der Waals surface area contributed by atoms with Gasteiger partial charge in [0.1, 0.15) is 18.4 Å². The molecule has 9 heteroatoms. The van der Waals surface area contributed by atoms with Crippen LogP contribution in [0.5, 0.6) is 5.75 Å². The highest BCUT2D eigenvalue weighted by Crippen LogP contribution is 2.45. The maximum Gasteiger partial charge on any atom is 0.174 e. The number of phenols is 1. The Morgan fingerprint density at radius 3 is 2.48 bits per heavy atom. The van der Waals surface area contributed by atoms with Gasteiger partial charge in [0.25, 0.3) is 0 Å². The van der Waals surface area contributed by atoms with Gasteiger partial charge in [0.2, 0.25) is 0 Å². The molecule has 0 unspecified atom stereocenters. The number of benzene rings is 1. The van der Waals surface area contributed by atoms with Crippen molar-refractivity contribution in [1.82, 2.24) is 29.9 Å². The van der Waals surface area contributed by atoms with E-state index in [0.717, 1.165) is 22.6 Å². The van der Waals surface area contributed by atoms with Crippen LogP contribution in [0.15, 0.2) is 67.4 Å². The van der Waals surface area contributed by atoms with Gasteiger partial charge in [0.15, 0.2) is 5.11 Å². The second-order valence-corrected chi connectivity index (χ2v) is 7.85. The molecule has 4 heterocycles. The van der Waals surface area contributed by atoms with E-state index in [4.69, 9.17) is 12.2 Å². The molecule has 8 nitrogen and oxygen atoms in total. The summed E-state index contributed by atoms with van der Waals surface area (Å²) in [5.41, 5.74) is 4.65. The highest BCUT2D eigenvalue weighted by atomic mass is 32.1. The Morgan fingerprint density at radius 2 is 1.77 bits per heavy atom.